The van der Waals surface area contributed by atoms with Gasteiger partial charge in [0, 0.05) is 30.2 Å². The van der Waals surface area contributed by atoms with Crippen LogP contribution in [0.3, 0.4) is 0 Å². The average Bonchev–Trinajstić information content (AvgIpc) is 3.49. The largest absolute Gasteiger partial charge is 0.345 e. The van der Waals surface area contributed by atoms with Crippen molar-refractivity contribution in [2.24, 2.45) is 0 Å². The van der Waals surface area contributed by atoms with Crippen molar-refractivity contribution < 1.29 is 9.59 Å². The molecule has 152 valence electrons. The standard InChI is InChI=1S/C24H24N4O2/c1-2-7-20-24(18-10-5-6-11-19(18)27-23(24)30)12-15-28(20)22(29)17-9-4-3-8-16(17)21-25-13-14-26-21/h3-6,8-11,13-14,20H,2,7,12,15H2,1H3,(H,25,26)(H,27,30)/t20-,24+/m0/s1. The van der Waals surface area contributed by atoms with Gasteiger partial charge in [-0.25, -0.2) is 4.98 Å². The van der Waals surface area contributed by atoms with Crippen molar-refractivity contribution in [3.8, 4) is 11.4 Å². The first-order valence-electron chi connectivity index (χ1n) is 10.5. The van der Waals surface area contributed by atoms with E-state index in [1.165, 1.54) is 0 Å². The van der Waals surface area contributed by atoms with Crippen LogP contribution in [0.25, 0.3) is 11.4 Å². The van der Waals surface area contributed by atoms with E-state index in [-0.39, 0.29) is 17.9 Å². The molecular formula is C24H24N4O2. The number of benzene rings is 2. The first-order valence-corrected chi connectivity index (χ1v) is 10.5. The molecule has 0 saturated carbocycles. The molecule has 5 rings (SSSR count). The molecule has 3 aromatic rings. The second kappa shape index (κ2) is 7.13. The minimum absolute atomic E-state index is 0.0109. The van der Waals surface area contributed by atoms with Crippen LogP contribution in [-0.2, 0) is 10.2 Å². The highest BCUT2D eigenvalue weighted by Gasteiger charge is 2.58. The Morgan fingerprint density at radius 1 is 1.20 bits per heavy atom. The number of rotatable bonds is 4. The molecule has 0 unspecified atom stereocenters. The summed E-state index contributed by atoms with van der Waals surface area (Å²) < 4.78 is 0. The Morgan fingerprint density at radius 3 is 2.80 bits per heavy atom. The molecule has 1 spiro atoms. The summed E-state index contributed by atoms with van der Waals surface area (Å²) in [5.41, 5.74) is 2.59. The molecule has 2 aliphatic rings. The summed E-state index contributed by atoms with van der Waals surface area (Å²) in [4.78, 5) is 36.3. The summed E-state index contributed by atoms with van der Waals surface area (Å²) in [6, 6.07) is 15.2. The molecule has 2 N–H and O–H groups in total. The Bertz CT molecular complexity index is 1110. The number of nitrogens with one attached hydrogen (secondary N) is 2. The maximum absolute atomic E-state index is 13.8. The van der Waals surface area contributed by atoms with Gasteiger partial charge in [-0.15, -0.1) is 0 Å². The number of hydrogen-bond donors (Lipinski definition) is 2. The Balaban J connectivity index is 1.57. The zero-order valence-corrected chi connectivity index (χ0v) is 16.9. The average molecular weight is 400 g/mol. The lowest BCUT2D eigenvalue weighted by molar-refractivity contribution is -0.121. The highest BCUT2D eigenvalue weighted by atomic mass is 16.2. The van der Waals surface area contributed by atoms with Gasteiger partial charge in [-0.3, -0.25) is 9.59 Å². The molecule has 2 atom stereocenters. The number of para-hydroxylation sites is 1. The van der Waals surface area contributed by atoms with Crippen LogP contribution >= 0.6 is 0 Å². The molecule has 1 fully saturated rings. The first kappa shape index (κ1) is 18.6. The quantitative estimate of drug-likeness (QED) is 0.695. The van der Waals surface area contributed by atoms with Gasteiger partial charge in [-0.05, 0) is 30.5 Å². The number of aromatic amines is 1. The van der Waals surface area contributed by atoms with E-state index >= 15 is 0 Å². The molecule has 2 aromatic carbocycles. The van der Waals surface area contributed by atoms with Crippen molar-refractivity contribution in [1.82, 2.24) is 14.9 Å². The zero-order chi connectivity index (χ0) is 20.7. The topological polar surface area (TPSA) is 78.1 Å². The van der Waals surface area contributed by atoms with Gasteiger partial charge in [0.25, 0.3) is 5.91 Å². The van der Waals surface area contributed by atoms with Gasteiger partial charge < -0.3 is 15.2 Å². The normalized spacial score (nSPS) is 22.4. The molecule has 6 nitrogen and oxygen atoms in total. The number of anilines is 1. The van der Waals surface area contributed by atoms with E-state index in [9.17, 15) is 9.59 Å². The van der Waals surface area contributed by atoms with Gasteiger partial charge in [0.2, 0.25) is 5.91 Å². The lowest BCUT2D eigenvalue weighted by Crippen LogP contribution is -2.48. The third-order valence-electron chi connectivity index (χ3n) is 6.49. The first-order chi connectivity index (χ1) is 14.7. The molecule has 30 heavy (non-hydrogen) atoms. The van der Waals surface area contributed by atoms with Crippen LogP contribution < -0.4 is 5.32 Å². The van der Waals surface area contributed by atoms with Crippen molar-refractivity contribution in [1.29, 1.82) is 0 Å². The van der Waals surface area contributed by atoms with Crippen molar-refractivity contribution in [3.63, 3.8) is 0 Å². The second-order valence-electron chi connectivity index (χ2n) is 8.01. The fourth-order valence-corrected chi connectivity index (χ4v) is 5.16. The van der Waals surface area contributed by atoms with Gasteiger partial charge in [0.15, 0.2) is 0 Å². The molecule has 2 aliphatic heterocycles. The van der Waals surface area contributed by atoms with Crippen molar-refractivity contribution in [2.45, 2.75) is 37.6 Å². The fraction of sp³-hybridized carbons (Fsp3) is 0.292. The molecule has 0 bridgehead atoms. The number of likely N-dealkylation sites (tertiary alicyclic amines) is 1. The molecule has 2 amide bonds. The molecule has 0 aliphatic carbocycles. The van der Waals surface area contributed by atoms with E-state index in [1.54, 1.807) is 12.4 Å². The van der Waals surface area contributed by atoms with E-state index < -0.39 is 5.41 Å². The number of hydrogen-bond acceptors (Lipinski definition) is 3. The smallest absolute Gasteiger partial charge is 0.254 e. The van der Waals surface area contributed by atoms with E-state index in [1.807, 2.05) is 53.4 Å². The number of aromatic nitrogens is 2. The Hall–Kier alpha value is -3.41. The summed E-state index contributed by atoms with van der Waals surface area (Å²) in [5.74, 6) is 0.634. The third-order valence-corrected chi connectivity index (χ3v) is 6.49. The van der Waals surface area contributed by atoms with Crippen LogP contribution in [0.2, 0.25) is 0 Å². The van der Waals surface area contributed by atoms with Gasteiger partial charge in [-0.2, -0.15) is 0 Å². The predicted molar refractivity (Wildman–Crippen MR) is 115 cm³/mol. The van der Waals surface area contributed by atoms with E-state index in [0.29, 0.717) is 24.4 Å². The number of amides is 2. The molecule has 1 aromatic heterocycles. The minimum Gasteiger partial charge on any atom is -0.345 e. The molecule has 1 saturated heterocycles. The molecule has 6 heteroatoms. The maximum atomic E-state index is 13.8. The van der Waals surface area contributed by atoms with Crippen LogP contribution in [0.4, 0.5) is 5.69 Å². The molecule has 0 radical (unpaired) electrons. The summed E-state index contributed by atoms with van der Waals surface area (Å²) in [7, 11) is 0. The van der Waals surface area contributed by atoms with Crippen LogP contribution in [0.15, 0.2) is 60.9 Å². The number of H-pyrrole nitrogens is 1. The van der Waals surface area contributed by atoms with Gasteiger partial charge in [0.1, 0.15) is 5.82 Å². The SMILES string of the molecule is CCC[C@@H]1N(C(=O)c2ccccc2-c2ncc[nH]2)CC[C@]12C(=O)Nc1ccccc12. The van der Waals surface area contributed by atoms with E-state index in [2.05, 4.69) is 22.2 Å². The molecule has 3 heterocycles. The summed E-state index contributed by atoms with van der Waals surface area (Å²) in [6.45, 7) is 2.65. The Labute approximate surface area is 175 Å². The highest BCUT2D eigenvalue weighted by Crippen LogP contribution is 2.49. The van der Waals surface area contributed by atoms with Crippen molar-refractivity contribution in [3.05, 3.63) is 72.1 Å². The number of imidazole rings is 1. The van der Waals surface area contributed by atoms with Crippen LogP contribution in [0.5, 0.6) is 0 Å². The van der Waals surface area contributed by atoms with Crippen LogP contribution in [0.1, 0.15) is 42.1 Å². The monoisotopic (exact) mass is 400 g/mol. The second-order valence-corrected chi connectivity index (χ2v) is 8.01. The van der Waals surface area contributed by atoms with Gasteiger partial charge >= 0.3 is 0 Å². The lowest BCUT2D eigenvalue weighted by atomic mass is 9.73. The lowest BCUT2D eigenvalue weighted by Gasteiger charge is -2.34. The van der Waals surface area contributed by atoms with Crippen LogP contribution in [0, 0.1) is 0 Å². The Kier molecular flexibility index (Phi) is 4.42. The number of nitrogens with zero attached hydrogens (tertiary/aromatic N) is 2. The maximum Gasteiger partial charge on any atom is 0.254 e. The third kappa shape index (κ3) is 2.60. The van der Waals surface area contributed by atoms with Crippen molar-refractivity contribution in [2.75, 3.05) is 11.9 Å². The predicted octanol–water partition coefficient (Wildman–Crippen LogP) is 3.98. The van der Waals surface area contributed by atoms with Gasteiger partial charge in [-0.1, -0.05) is 49.7 Å². The zero-order valence-electron chi connectivity index (χ0n) is 16.9. The van der Waals surface area contributed by atoms with E-state index in [0.717, 1.165) is 29.7 Å². The number of carbonyl (C=O) groups is 2. The Morgan fingerprint density at radius 2 is 2.00 bits per heavy atom. The highest BCUT2D eigenvalue weighted by molar-refractivity contribution is 6.08. The van der Waals surface area contributed by atoms with E-state index in [4.69, 9.17) is 0 Å². The summed E-state index contributed by atoms with van der Waals surface area (Å²) >= 11 is 0. The summed E-state index contributed by atoms with van der Waals surface area (Å²) in [5, 5.41) is 3.06. The summed E-state index contributed by atoms with van der Waals surface area (Å²) in [6.07, 6.45) is 5.74. The number of carbonyl (C=O) groups excluding carboxylic acids is 2. The minimum atomic E-state index is -0.679. The fourth-order valence-electron chi connectivity index (χ4n) is 5.16. The molecular weight excluding hydrogens is 376 g/mol. The van der Waals surface area contributed by atoms with Crippen molar-refractivity contribution >= 4 is 17.5 Å². The number of fused-ring (bicyclic) bond motifs is 2. The van der Waals surface area contributed by atoms with Crippen LogP contribution in [-0.4, -0.2) is 39.3 Å². The van der Waals surface area contributed by atoms with Gasteiger partial charge in [0.05, 0.1) is 17.0 Å².